The Labute approximate surface area is 152 Å². The van der Waals surface area contributed by atoms with E-state index in [1.165, 1.54) is 6.07 Å². The first-order valence-corrected chi connectivity index (χ1v) is 8.85. The zero-order chi connectivity index (χ0) is 18.7. The van der Waals surface area contributed by atoms with E-state index in [-0.39, 0.29) is 5.63 Å². The number of hydrogen-bond acceptors (Lipinski definition) is 4. The third kappa shape index (κ3) is 4.14. The molecule has 0 bridgehead atoms. The molecule has 3 rings (SSSR count). The van der Waals surface area contributed by atoms with Crippen LogP contribution in [0.1, 0.15) is 39.2 Å². The molecule has 0 radical (unpaired) electrons. The lowest BCUT2D eigenvalue weighted by Crippen LogP contribution is -2.03. The van der Waals surface area contributed by atoms with Crippen LogP contribution >= 0.6 is 0 Å². The Morgan fingerprint density at radius 1 is 1.15 bits per heavy atom. The van der Waals surface area contributed by atoms with E-state index in [2.05, 4.69) is 6.08 Å². The molecule has 1 aromatic carbocycles. The van der Waals surface area contributed by atoms with E-state index < -0.39 is 6.10 Å². The molecule has 0 aliphatic carbocycles. The Morgan fingerprint density at radius 2 is 1.92 bits per heavy atom. The minimum absolute atomic E-state index is 0.363. The van der Waals surface area contributed by atoms with E-state index in [0.717, 1.165) is 45.9 Å². The number of hydrogen-bond donors (Lipinski definition) is 1. The number of aliphatic hydroxyl groups is 1. The third-order valence-corrected chi connectivity index (χ3v) is 4.41. The van der Waals surface area contributed by atoms with Crippen molar-refractivity contribution in [2.45, 2.75) is 46.1 Å². The quantitative estimate of drug-likeness (QED) is 0.493. The van der Waals surface area contributed by atoms with Crippen LogP contribution in [0.3, 0.4) is 0 Å². The highest BCUT2D eigenvalue weighted by atomic mass is 16.4. The van der Waals surface area contributed by atoms with E-state index in [4.69, 9.17) is 8.83 Å². The van der Waals surface area contributed by atoms with Crippen LogP contribution in [0, 0.1) is 0 Å². The van der Waals surface area contributed by atoms with Crippen LogP contribution in [-0.2, 0) is 6.42 Å². The van der Waals surface area contributed by atoms with Crippen LogP contribution in [-0.4, -0.2) is 11.2 Å². The van der Waals surface area contributed by atoms with Gasteiger partial charge in [0.05, 0.1) is 12.4 Å². The van der Waals surface area contributed by atoms with Crippen molar-refractivity contribution in [1.82, 2.24) is 0 Å². The third-order valence-electron chi connectivity index (χ3n) is 4.41. The maximum Gasteiger partial charge on any atom is 0.336 e. The Kier molecular flexibility index (Phi) is 5.43. The first kappa shape index (κ1) is 18.2. The lowest BCUT2D eigenvalue weighted by Gasteiger charge is -2.08. The summed E-state index contributed by atoms with van der Waals surface area (Å²) >= 11 is 0. The number of benzene rings is 1. The van der Waals surface area contributed by atoms with Gasteiger partial charge in [-0.1, -0.05) is 23.3 Å². The predicted molar refractivity (Wildman–Crippen MR) is 104 cm³/mol. The predicted octanol–water partition coefficient (Wildman–Crippen LogP) is 5.14. The van der Waals surface area contributed by atoms with Crippen LogP contribution in [0.4, 0.5) is 0 Å². The van der Waals surface area contributed by atoms with Gasteiger partial charge in [0.15, 0.2) is 0 Å². The van der Waals surface area contributed by atoms with Crippen molar-refractivity contribution in [3.05, 3.63) is 69.8 Å². The van der Waals surface area contributed by atoms with Crippen molar-refractivity contribution in [3.63, 3.8) is 0 Å². The molecule has 1 N–H and O–H groups in total. The summed E-state index contributed by atoms with van der Waals surface area (Å²) in [6.07, 6.45) is 7.52. The Balaban J connectivity index is 1.83. The monoisotopic (exact) mass is 352 g/mol. The summed E-state index contributed by atoms with van der Waals surface area (Å²) < 4.78 is 10.8. The molecule has 0 saturated carbocycles. The van der Waals surface area contributed by atoms with E-state index in [0.29, 0.717) is 12.0 Å². The van der Waals surface area contributed by atoms with Crippen molar-refractivity contribution in [2.24, 2.45) is 0 Å². The lowest BCUT2D eigenvalue weighted by molar-refractivity contribution is 0.222. The number of allylic oxidation sites excluding steroid dienone is 2. The largest absolute Gasteiger partial charge is 0.464 e. The van der Waals surface area contributed by atoms with Crippen LogP contribution in [0.25, 0.3) is 21.9 Å². The van der Waals surface area contributed by atoms with Gasteiger partial charge in [0, 0.05) is 22.9 Å². The second kappa shape index (κ2) is 7.75. The van der Waals surface area contributed by atoms with Gasteiger partial charge in [-0.15, -0.1) is 0 Å². The molecule has 0 aliphatic rings. The maximum absolute atomic E-state index is 11.5. The van der Waals surface area contributed by atoms with Gasteiger partial charge in [-0.05, 0) is 57.7 Å². The van der Waals surface area contributed by atoms with Gasteiger partial charge in [-0.2, -0.15) is 0 Å². The fraction of sp³-hybridized carbons (Fsp3) is 0.318. The molecule has 4 nitrogen and oxygen atoms in total. The van der Waals surface area contributed by atoms with E-state index in [9.17, 15) is 9.90 Å². The zero-order valence-electron chi connectivity index (χ0n) is 15.4. The van der Waals surface area contributed by atoms with Crippen LogP contribution in [0.5, 0.6) is 0 Å². The summed E-state index contributed by atoms with van der Waals surface area (Å²) in [4.78, 5) is 11.5. The highest BCUT2D eigenvalue weighted by molar-refractivity contribution is 5.97. The first-order valence-electron chi connectivity index (χ1n) is 8.85. The van der Waals surface area contributed by atoms with Crippen LogP contribution in [0.2, 0.25) is 0 Å². The van der Waals surface area contributed by atoms with E-state index >= 15 is 0 Å². The summed E-state index contributed by atoms with van der Waals surface area (Å²) in [5.74, 6) is 0. The smallest absolute Gasteiger partial charge is 0.336 e. The number of fused-ring (bicyclic) bond motifs is 2. The standard InChI is InChI=1S/C22H24O4/c1-14(2)11-16(23)12-15(3)5-4-6-17-18-7-8-22(24)26-21(18)13-20-19(17)9-10-25-20/h5,7-11,13,16,23H,4,6,12H2,1-3H3/b15-5+. The zero-order valence-corrected chi connectivity index (χ0v) is 15.4. The lowest BCUT2D eigenvalue weighted by atomic mass is 9.99. The SMILES string of the molecule is CC(C)=CC(O)C/C(C)=C/CCc1c2ccoc2cc2oc(=O)ccc12. The molecule has 0 spiro atoms. The van der Waals surface area contributed by atoms with Crippen molar-refractivity contribution in [1.29, 1.82) is 0 Å². The molecule has 2 heterocycles. The van der Waals surface area contributed by atoms with Crippen molar-refractivity contribution in [2.75, 3.05) is 0 Å². The van der Waals surface area contributed by atoms with Crippen LogP contribution < -0.4 is 5.63 Å². The minimum Gasteiger partial charge on any atom is -0.464 e. The Hall–Kier alpha value is -2.59. The number of rotatable bonds is 6. The maximum atomic E-state index is 11.5. The van der Waals surface area contributed by atoms with E-state index in [1.54, 1.807) is 12.3 Å². The van der Waals surface area contributed by atoms with Gasteiger partial charge in [-0.25, -0.2) is 4.79 Å². The molecule has 1 atom stereocenters. The van der Waals surface area contributed by atoms with Gasteiger partial charge in [0.25, 0.3) is 0 Å². The van der Waals surface area contributed by atoms with Crippen LogP contribution in [0.15, 0.2) is 67.5 Å². The van der Waals surface area contributed by atoms with Gasteiger partial charge < -0.3 is 13.9 Å². The number of furan rings is 1. The minimum atomic E-state index is -0.441. The van der Waals surface area contributed by atoms with E-state index in [1.807, 2.05) is 39.0 Å². The summed E-state index contributed by atoms with van der Waals surface area (Å²) in [5.41, 5.74) is 4.30. The van der Waals surface area contributed by atoms with Gasteiger partial charge >= 0.3 is 5.63 Å². The van der Waals surface area contributed by atoms with Crippen molar-refractivity contribution < 1.29 is 13.9 Å². The van der Waals surface area contributed by atoms with Crippen molar-refractivity contribution in [3.8, 4) is 0 Å². The molecule has 0 aliphatic heterocycles. The Bertz CT molecular complexity index is 1030. The fourth-order valence-corrected chi connectivity index (χ4v) is 3.32. The second-order valence-electron chi connectivity index (χ2n) is 6.96. The highest BCUT2D eigenvalue weighted by Gasteiger charge is 2.11. The average molecular weight is 352 g/mol. The number of aryl methyl sites for hydroxylation is 1. The normalized spacial score (nSPS) is 13.3. The fourth-order valence-electron chi connectivity index (χ4n) is 3.32. The molecular weight excluding hydrogens is 328 g/mol. The summed E-state index contributed by atoms with van der Waals surface area (Å²) in [7, 11) is 0. The molecule has 26 heavy (non-hydrogen) atoms. The van der Waals surface area contributed by atoms with Crippen molar-refractivity contribution >= 4 is 21.9 Å². The van der Waals surface area contributed by atoms with Gasteiger partial charge in [0.1, 0.15) is 11.2 Å². The second-order valence-corrected chi connectivity index (χ2v) is 6.96. The number of aliphatic hydroxyl groups excluding tert-OH is 1. The molecule has 0 saturated heterocycles. The molecule has 0 amide bonds. The molecule has 1 unspecified atom stereocenters. The highest BCUT2D eigenvalue weighted by Crippen LogP contribution is 2.29. The summed E-state index contributed by atoms with van der Waals surface area (Å²) in [6, 6.07) is 6.99. The van der Waals surface area contributed by atoms with Gasteiger partial charge in [-0.3, -0.25) is 0 Å². The van der Waals surface area contributed by atoms with Gasteiger partial charge in [0.2, 0.25) is 0 Å². The molecule has 2 aromatic heterocycles. The average Bonchev–Trinajstić information content (AvgIpc) is 3.01. The molecule has 3 aromatic rings. The topological polar surface area (TPSA) is 63.6 Å². The molecular formula is C22H24O4. The first-order chi connectivity index (χ1) is 12.4. The Morgan fingerprint density at radius 3 is 2.69 bits per heavy atom. The molecule has 136 valence electrons. The molecule has 4 heteroatoms. The summed E-state index contributed by atoms with van der Waals surface area (Å²) in [6.45, 7) is 6.01. The summed E-state index contributed by atoms with van der Waals surface area (Å²) in [5, 5.41) is 12.0. The molecule has 0 fully saturated rings.